The Labute approximate surface area is 381 Å². The lowest BCUT2D eigenvalue weighted by molar-refractivity contribution is -0.147. The van der Waals surface area contributed by atoms with Crippen molar-refractivity contribution in [2.24, 2.45) is 5.92 Å². The molecule has 1 heterocycles. The van der Waals surface area contributed by atoms with Crippen LogP contribution < -0.4 is 15.4 Å². The first kappa shape index (κ1) is 46.0. The first-order valence-electron chi connectivity index (χ1n) is 22.3. The van der Waals surface area contributed by atoms with Crippen LogP contribution in [0.1, 0.15) is 65.0 Å². The quantitative estimate of drug-likeness (QED) is 0.0495. The maximum Gasteiger partial charge on any atom is 0.407 e. The number of aliphatic hydroxyl groups is 1. The van der Waals surface area contributed by atoms with Crippen molar-refractivity contribution in [3.63, 3.8) is 0 Å². The first-order chi connectivity index (χ1) is 31.7. The molecule has 65 heavy (non-hydrogen) atoms. The molecule has 0 spiro atoms. The van der Waals surface area contributed by atoms with Crippen LogP contribution in [0, 0.1) is 5.92 Å². The van der Waals surface area contributed by atoms with Gasteiger partial charge in [-0.2, -0.15) is 0 Å². The summed E-state index contributed by atoms with van der Waals surface area (Å²) < 4.78 is 17.6. The van der Waals surface area contributed by atoms with Crippen molar-refractivity contribution in [3.8, 4) is 16.9 Å². The lowest BCUT2D eigenvalue weighted by atomic mass is 9.92. The van der Waals surface area contributed by atoms with E-state index in [0.29, 0.717) is 31.7 Å². The number of carbonyl (C=O) groups excluding carboxylic acids is 4. The smallest absolute Gasteiger partial charge is 0.407 e. The molecule has 5 aromatic rings. The Hall–Kier alpha value is -6.98. The van der Waals surface area contributed by atoms with E-state index in [4.69, 9.17) is 14.2 Å². The summed E-state index contributed by atoms with van der Waals surface area (Å²) in [5.41, 5.74) is 8.31. The second-order valence-corrected chi connectivity index (χ2v) is 16.6. The number of rotatable bonds is 21. The topological polar surface area (TPSA) is 144 Å². The van der Waals surface area contributed by atoms with Gasteiger partial charge in [0.1, 0.15) is 31.6 Å². The number of benzene rings is 5. The molecule has 0 fully saturated rings. The third-order valence-electron chi connectivity index (χ3n) is 12.1. The van der Waals surface area contributed by atoms with Crippen molar-refractivity contribution >= 4 is 23.9 Å². The van der Waals surface area contributed by atoms with Crippen molar-refractivity contribution in [1.82, 2.24) is 15.5 Å². The highest BCUT2D eigenvalue weighted by atomic mass is 16.6. The predicted molar refractivity (Wildman–Crippen MR) is 250 cm³/mol. The molecule has 4 atom stereocenters. The third kappa shape index (κ3) is 12.0. The van der Waals surface area contributed by atoms with Gasteiger partial charge in [0.05, 0.1) is 24.6 Å². The van der Waals surface area contributed by atoms with E-state index in [1.807, 2.05) is 115 Å². The summed E-state index contributed by atoms with van der Waals surface area (Å²) in [6, 6.07) is 39.1. The molecule has 7 rings (SSSR count). The lowest BCUT2D eigenvalue weighted by Crippen LogP contribution is -2.49. The number of aliphatic hydroxyl groups excluding tert-OH is 1. The number of ether oxygens (including phenoxy) is 3. The molecule has 0 aromatic heterocycles. The monoisotopic (exact) mass is 875 g/mol. The van der Waals surface area contributed by atoms with E-state index in [1.54, 1.807) is 17.1 Å². The number of esters is 1. The van der Waals surface area contributed by atoms with Crippen molar-refractivity contribution in [2.75, 3.05) is 19.8 Å². The lowest BCUT2D eigenvalue weighted by Gasteiger charge is -2.36. The fourth-order valence-electron chi connectivity index (χ4n) is 8.67. The van der Waals surface area contributed by atoms with Crippen molar-refractivity contribution in [3.05, 3.63) is 186 Å². The Morgan fingerprint density at radius 2 is 1.42 bits per heavy atom. The largest absolute Gasteiger partial charge is 0.489 e. The molecule has 3 amide bonds. The van der Waals surface area contributed by atoms with Crippen molar-refractivity contribution in [1.29, 1.82) is 0 Å². The van der Waals surface area contributed by atoms with Crippen molar-refractivity contribution < 1.29 is 38.5 Å². The van der Waals surface area contributed by atoms with Gasteiger partial charge >= 0.3 is 12.1 Å². The molecule has 11 heteroatoms. The molecule has 1 aliphatic heterocycles. The summed E-state index contributed by atoms with van der Waals surface area (Å²) in [5.74, 6) is -1.62. The van der Waals surface area contributed by atoms with Crippen LogP contribution in [-0.4, -0.2) is 71.8 Å². The van der Waals surface area contributed by atoms with Gasteiger partial charge in [-0.3, -0.25) is 9.59 Å². The number of hydrogen-bond acceptors (Lipinski definition) is 8. The van der Waals surface area contributed by atoms with Crippen LogP contribution in [-0.2, 0) is 49.9 Å². The molecule has 0 bridgehead atoms. The van der Waals surface area contributed by atoms with E-state index in [0.717, 1.165) is 44.5 Å². The van der Waals surface area contributed by atoms with Crippen LogP contribution in [0.4, 0.5) is 4.79 Å². The standard InChI is InChI=1S/C54H57N3O8/c1-3-5-24-50(56-54(62)65-36-49-47-22-13-11-20-45(47)46-21-12-14-23-48(46)49)53(61)64-35-42(29-37-25-27-44(28-26-37)63-34-38-16-7-6-8-17-38)55-52(60)40(15-4-2)31-51(59)57-32-41-19-10-9-18-39(41)30-43(57)33-58/h3-4,6-14,16-23,25-28,40,42-43,49-50,58H,1-2,5,15,24,29-36H2,(H,55,60)(H,56,62)/t40-,42+,43+,50+/m1/s1. The Balaban J connectivity index is 1.02. The SMILES string of the molecule is C=CCC[C@H](NC(=O)OCC1c2ccccc2-c2ccccc21)C(=O)OC[C@H](Cc1ccc(OCc2ccccc2)cc1)NC(=O)[C@H](CC=C)CC(=O)N1Cc2ccccc2C[C@H]1CO. The number of alkyl carbamates (subject to hydrolysis) is 1. The highest BCUT2D eigenvalue weighted by molar-refractivity contribution is 5.87. The first-order valence-corrected chi connectivity index (χ1v) is 22.3. The number of amides is 3. The van der Waals surface area contributed by atoms with Crippen LogP contribution in [0.15, 0.2) is 153 Å². The van der Waals surface area contributed by atoms with Crippen LogP contribution in [0.5, 0.6) is 5.75 Å². The molecule has 0 saturated heterocycles. The average Bonchev–Trinajstić information content (AvgIpc) is 3.66. The number of allylic oxidation sites excluding steroid dienone is 2. The molecular weight excluding hydrogens is 819 g/mol. The number of carbonyl (C=O) groups is 4. The molecule has 5 aromatic carbocycles. The van der Waals surface area contributed by atoms with E-state index in [9.17, 15) is 24.3 Å². The maximum absolute atomic E-state index is 14.2. The second-order valence-electron chi connectivity index (χ2n) is 16.6. The summed E-state index contributed by atoms with van der Waals surface area (Å²) in [6.45, 7) is 8.04. The average molecular weight is 876 g/mol. The minimum atomic E-state index is -1.05. The van der Waals surface area contributed by atoms with Gasteiger partial charge in [-0.05, 0) is 88.7 Å². The highest BCUT2D eigenvalue weighted by Gasteiger charge is 2.34. The molecule has 336 valence electrons. The summed E-state index contributed by atoms with van der Waals surface area (Å²) in [5, 5.41) is 16.0. The third-order valence-corrected chi connectivity index (χ3v) is 12.1. The fourth-order valence-corrected chi connectivity index (χ4v) is 8.67. The van der Waals surface area contributed by atoms with Crippen molar-refractivity contribution in [2.45, 2.75) is 75.7 Å². The number of hydrogen-bond donors (Lipinski definition) is 3. The van der Waals surface area contributed by atoms with Crippen LogP contribution in [0.3, 0.4) is 0 Å². The molecule has 1 aliphatic carbocycles. The molecular formula is C54H57N3O8. The Morgan fingerprint density at radius 1 is 0.754 bits per heavy atom. The summed E-state index contributed by atoms with van der Waals surface area (Å²) >= 11 is 0. The molecule has 3 N–H and O–H groups in total. The number of nitrogens with one attached hydrogen (secondary N) is 2. The minimum Gasteiger partial charge on any atom is -0.489 e. The molecule has 0 saturated carbocycles. The van der Waals surface area contributed by atoms with E-state index >= 15 is 0 Å². The van der Waals surface area contributed by atoms with Gasteiger partial charge in [0.15, 0.2) is 0 Å². The van der Waals surface area contributed by atoms with Crippen LogP contribution >= 0.6 is 0 Å². The Morgan fingerprint density at radius 3 is 2.09 bits per heavy atom. The minimum absolute atomic E-state index is 0.0767. The van der Waals surface area contributed by atoms with E-state index in [-0.39, 0.29) is 57.3 Å². The van der Waals surface area contributed by atoms with Gasteiger partial charge in [-0.15, -0.1) is 13.2 Å². The summed E-state index contributed by atoms with van der Waals surface area (Å²) in [4.78, 5) is 56.8. The second kappa shape index (κ2) is 22.6. The summed E-state index contributed by atoms with van der Waals surface area (Å²) in [6.07, 6.45) is 4.05. The zero-order chi connectivity index (χ0) is 45.5. The zero-order valence-electron chi connectivity index (χ0n) is 36.6. The molecule has 11 nitrogen and oxygen atoms in total. The number of fused-ring (bicyclic) bond motifs is 4. The summed E-state index contributed by atoms with van der Waals surface area (Å²) in [7, 11) is 0. The zero-order valence-corrected chi connectivity index (χ0v) is 36.6. The fraction of sp³-hybridized carbons (Fsp3) is 0.296. The van der Waals surface area contributed by atoms with Crippen LogP contribution in [0.25, 0.3) is 11.1 Å². The van der Waals surface area contributed by atoms with Gasteiger partial charge in [0, 0.05) is 18.9 Å². The predicted octanol–water partition coefficient (Wildman–Crippen LogP) is 8.24. The van der Waals surface area contributed by atoms with Gasteiger partial charge in [-0.25, -0.2) is 9.59 Å². The Kier molecular flexibility index (Phi) is 16.0. The van der Waals surface area contributed by atoms with E-state index in [1.165, 1.54) is 0 Å². The Bertz CT molecular complexity index is 2390. The number of nitrogens with zero attached hydrogens (tertiary/aromatic N) is 1. The van der Waals surface area contributed by atoms with E-state index < -0.39 is 42.0 Å². The van der Waals surface area contributed by atoms with Crippen LogP contribution in [0.2, 0.25) is 0 Å². The molecule has 0 unspecified atom stereocenters. The van der Waals surface area contributed by atoms with Gasteiger partial charge < -0.3 is 34.9 Å². The van der Waals surface area contributed by atoms with Gasteiger partial charge in [-0.1, -0.05) is 127 Å². The normalized spacial score (nSPS) is 15.2. The highest BCUT2D eigenvalue weighted by Crippen LogP contribution is 2.44. The van der Waals surface area contributed by atoms with Gasteiger partial charge in [0.2, 0.25) is 11.8 Å². The maximum atomic E-state index is 14.2. The molecule has 2 aliphatic rings. The molecule has 0 radical (unpaired) electrons. The van der Waals surface area contributed by atoms with E-state index in [2.05, 4.69) is 35.9 Å². The van der Waals surface area contributed by atoms with Gasteiger partial charge in [0.25, 0.3) is 0 Å².